The van der Waals surface area contributed by atoms with Gasteiger partial charge in [0.2, 0.25) is 0 Å². The number of ether oxygens (including phenoxy) is 1. The zero-order chi connectivity index (χ0) is 14.4. The van der Waals surface area contributed by atoms with Crippen LogP contribution in [-0.4, -0.2) is 30.8 Å². The molecule has 1 aliphatic heterocycles. The van der Waals surface area contributed by atoms with Crippen LogP contribution in [0.25, 0.3) is 0 Å². The molecule has 110 valence electrons. The first-order valence-corrected chi connectivity index (χ1v) is 7.16. The van der Waals surface area contributed by atoms with Crippen molar-refractivity contribution in [2.45, 2.75) is 32.7 Å². The molecule has 0 amide bonds. The van der Waals surface area contributed by atoms with E-state index in [0.717, 1.165) is 50.3 Å². The van der Waals surface area contributed by atoms with Crippen molar-refractivity contribution in [3.8, 4) is 0 Å². The smallest absolute Gasteiger partial charge is 0.307 e. The number of nitrogens with one attached hydrogen (secondary N) is 1. The molecule has 4 heteroatoms. The first kappa shape index (κ1) is 15.0. The summed E-state index contributed by atoms with van der Waals surface area (Å²) in [6, 6.07) is 7.74. The van der Waals surface area contributed by atoms with Crippen LogP contribution in [-0.2, 0) is 22.5 Å². The molecule has 1 saturated heterocycles. The molecule has 0 aromatic heterocycles. The molecule has 1 aliphatic rings. The van der Waals surface area contributed by atoms with Crippen molar-refractivity contribution >= 4 is 5.97 Å². The molecule has 20 heavy (non-hydrogen) atoms. The fraction of sp³-hybridized carbons (Fsp3) is 0.562. The third-order valence-electron chi connectivity index (χ3n) is 4.03. The minimum absolute atomic E-state index is 0.0863. The van der Waals surface area contributed by atoms with Gasteiger partial charge in [0.1, 0.15) is 0 Å². The lowest BCUT2D eigenvalue weighted by Gasteiger charge is -2.33. The second-order valence-electron chi connectivity index (χ2n) is 5.87. The van der Waals surface area contributed by atoms with E-state index in [1.165, 1.54) is 0 Å². The summed E-state index contributed by atoms with van der Waals surface area (Å²) in [5, 5.41) is 12.4. The van der Waals surface area contributed by atoms with Gasteiger partial charge in [0.05, 0.1) is 6.42 Å². The number of carbonyl (C=O) groups is 1. The summed E-state index contributed by atoms with van der Waals surface area (Å²) in [7, 11) is 0. The number of carboxylic acids is 1. The Bertz CT molecular complexity index is 453. The van der Waals surface area contributed by atoms with E-state index >= 15 is 0 Å². The Kier molecular flexibility index (Phi) is 5.15. The van der Waals surface area contributed by atoms with Crippen LogP contribution in [0.2, 0.25) is 0 Å². The van der Waals surface area contributed by atoms with E-state index in [2.05, 4.69) is 12.2 Å². The molecule has 1 fully saturated rings. The van der Waals surface area contributed by atoms with E-state index in [0.29, 0.717) is 5.41 Å². The molecule has 0 radical (unpaired) electrons. The summed E-state index contributed by atoms with van der Waals surface area (Å²) in [5.74, 6) is -0.783. The van der Waals surface area contributed by atoms with Gasteiger partial charge in [-0.1, -0.05) is 31.2 Å². The molecule has 1 aromatic rings. The first-order valence-electron chi connectivity index (χ1n) is 7.16. The van der Waals surface area contributed by atoms with Crippen LogP contribution < -0.4 is 5.32 Å². The molecule has 0 spiro atoms. The molecule has 2 rings (SSSR count). The lowest BCUT2D eigenvalue weighted by Crippen LogP contribution is -2.36. The topological polar surface area (TPSA) is 58.6 Å². The van der Waals surface area contributed by atoms with Crippen LogP contribution >= 0.6 is 0 Å². The van der Waals surface area contributed by atoms with Crippen LogP contribution in [0.3, 0.4) is 0 Å². The summed E-state index contributed by atoms with van der Waals surface area (Å²) in [5.41, 5.74) is 2.26. The lowest BCUT2D eigenvalue weighted by molar-refractivity contribution is -0.136. The Morgan fingerprint density at radius 2 is 1.95 bits per heavy atom. The van der Waals surface area contributed by atoms with E-state index in [1.54, 1.807) is 0 Å². The average molecular weight is 277 g/mol. The Labute approximate surface area is 120 Å². The molecule has 4 nitrogen and oxygen atoms in total. The molecular weight excluding hydrogens is 254 g/mol. The van der Waals surface area contributed by atoms with Gasteiger partial charge in [-0.3, -0.25) is 4.79 Å². The highest BCUT2D eigenvalue weighted by Gasteiger charge is 2.26. The quantitative estimate of drug-likeness (QED) is 0.837. The van der Waals surface area contributed by atoms with Crippen LogP contribution in [0, 0.1) is 5.41 Å². The van der Waals surface area contributed by atoms with Crippen molar-refractivity contribution in [1.82, 2.24) is 5.32 Å². The number of rotatable bonds is 6. The van der Waals surface area contributed by atoms with Gasteiger partial charge in [-0.15, -0.1) is 0 Å². The van der Waals surface area contributed by atoms with E-state index in [9.17, 15) is 4.79 Å². The van der Waals surface area contributed by atoms with Crippen molar-refractivity contribution in [1.29, 1.82) is 0 Å². The number of benzene rings is 1. The second kappa shape index (κ2) is 6.86. The van der Waals surface area contributed by atoms with Gasteiger partial charge in [0.25, 0.3) is 0 Å². The molecule has 1 heterocycles. The van der Waals surface area contributed by atoms with Gasteiger partial charge < -0.3 is 15.2 Å². The molecular formula is C16H23NO3. The van der Waals surface area contributed by atoms with Crippen molar-refractivity contribution in [3.05, 3.63) is 35.4 Å². The third-order valence-corrected chi connectivity index (χ3v) is 4.03. The largest absolute Gasteiger partial charge is 0.481 e. The Balaban J connectivity index is 1.89. The maximum Gasteiger partial charge on any atom is 0.307 e. The standard InChI is InChI=1S/C16H23NO3/c1-16(6-8-20-9-7-16)12-17-11-14-5-3-2-4-13(14)10-15(18)19/h2-5,17H,6-12H2,1H3,(H,18,19). The molecule has 0 aliphatic carbocycles. The molecule has 1 aromatic carbocycles. The van der Waals surface area contributed by atoms with Crippen LogP contribution in [0.4, 0.5) is 0 Å². The van der Waals surface area contributed by atoms with Crippen LogP contribution in [0.1, 0.15) is 30.9 Å². The Morgan fingerprint density at radius 3 is 2.60 bits per heavy atom. The van der Waals surface area contributed by atoms with Crippen LogP contribution in [0.15, 0.2) is 24.3 Å². The second-order valence-corrected chi connectivity index (χ2v) is 5.87. The Hall–Kier alpha value is -1.39. The zero-order valence-electron chi connectivity index (χ0n) is 12.0. The molecule has 0 atom stereocenters. The SMILES string of the molecule is CC1(CNCc2ccccc2CC(=O)O)CCOCC1. The number of hydrogen-bond acceptors (Lipinski definition) is 3. The summed E-state index contributed by atoms with van der Waals surface area (Å²) in [4.78, 5) is 10.9. The van der Waals surface area contributed by atoms with Gasteiger partial charge in [0, 0.05) is 26.3 Å². The van der Waals surface area contributed by atoms with E-state index in [1.807, 2.05) is 24.3 Å². The predicted octanol–water partition coefficient (Wildman–Crippen LogP) is 2.22. The fourth-order valence-corrected chi connectivity index (χ4v) is 2.61. The highest BCUT2D eigenvalue weighted by Crippen LogP contribution is 2.28. The molecule has 2 N–H and O–H groups in total. The van der Waals surface area contributed by atoms with Gasteiger partial charge >= 0.3 is 5.97 Å². The molecule has 0 unspecified atom stereocenters. The predicted molar refractivity (Wildman–Crippen MR) is 77.6 cm³/mol. The normalized spacial score (nSPS) is 17.9. The lowest BCUT2D eigenvalue weighted by atomic mass is 9.82. The van der Waals surface area contributed by atoms with Crippen LogP contribution in [0.5, 0.6) is 0 Å². The minimum Gasteiger partial charge on any atom is -0.481 e. The zero-order valence-corrected chi connectivity index (χ0v) is 12.0. The van der Waals surface area contributed by atoms with Gasteiger partial charge in [-0.25, -0.2) is 0 Å². The van der Waals surface area contributed by atoms with Crippen molar-refractivity contribution < 1.29 is 14.6 Å². The summed E-state index contributed by atoms with van der Waals surface area (Å²) in [6.45, 7) is 5.63. The maximum absolute atomic E-state index is 10.9. The number of carboxylic acid groups (broad SMARTS) is 1. The molecule has 0 bridgehead atoms. The van der Waals surface area contributed by atoms with E-state index in [-0.39, 0.29) is 6.42 Å². The van der Waals surface area contributed by atoms with Gasteiger partial charge in [-0.05, 0) is 29.4 Å². The summed E-state index contributed by atoms with van der Waals surface area (Å²) >= 11 is 0. The highest BCUT2D eigenvalue weighted by molar-refractivity contribution is 5.70. The summed E-state index contributed by atoms with van der Waals surface area (Å²) in [6.07, 6.45) is 2.25. The fourth-order valence-electron chi connectivity index (χ4n) is 2.61. The number of hydrogen-bond donors (Lipinski definition) is 2. The highest BCUT2D eigenvalue weighted by atomic mass is 16.5. The van der Waals surface area contributed by atoms with E-state index < -0.39 is 5.97 Å². The number of aliphatic carboxylic acids is 1. The maximum atomic E-state index is 10.9. The first-order chi connectivity index (χ1) is 9.59. The van der Waals surface area contributed by atoms with Crippen molar-refractivity contribution in [2.75, 3.05) is 19.8 Å². The Morgan fingerprint density at radius 1 is 1.30 bits per heavy atom. The van der Waals surface area contributed by atoms with E-state index in [4.69, 9.17) is 9.84 Å². The third kappa shape index (κ3) is 4.32. The molecule has 0 saturated carbocycles. The average Bonchev–Trinajstić information content (AvgIpc) is 2.41. The summed E-state index contributed by atoms with van der Waals surface area (Å²) < 4.78 is 5.40. The van der Waals surface area contributed by atoms with Gasteiger partial charge in [0.15, 0.2) is 0 Å². The van der Waals surface area contributed by atoms with Crippen molar-refractivity contribution in [2.24, 2.45) is 5.41 Å². The van der Waals surface area contributed by atoms with Crippen molar-refractivity contribution in [3.63, 3.8) is 0 Å². The van der Waals surface area contributed by atoms with Gasteiger partial charge in [-0.2, -0.15) is 0 Å². The monoisotopic (exact) mass is 277 g/mol. The minimum atomic E-state index is -0.783.